The number of likely N-dealkylation sites (N-methyl/N-ethyl adjacent to an activating group) is 1. The maximum atomic E-state index is 13.3. The van der Waals surface area contributed by atoms with Gasteiger partial charge >= 0.3 is 6.03 Å². The molecule has 4 amide bonds. The Morgan fingerprint density at radius 3 is 2.33 bits per heavy atom. The van der Waals surface area contributed by atoms with Crippen molar-refractivity contribution in [3.05, 3.63) is 81.7 Å². The number of sulfonamides is 1. The molecule has 3 aromatic rings. The van der Waals surface area contributed by atoms with E-state index in [1.54, 1.807) is 6.92 Å². The molecule has 12 heteroatoms. The van der Waals surface area contributed by atoms with Crippen LogP contribution in [0, 0.1) is 0 Å². The predicted molar refractivity (Wildman–Crippen MR) is 155 cm³/mol. The van der Waals surface area contributed by atoms with Gasteiger partial charge in [-0.1, -0.05) is 44.2 Å². The topological polar surface area (TPSA) is 128 Å². The molecule has 2 heterocycles. The highest BCUT2D eigenvalue weighted by Gasteiger charge is 2.29. The van der Waals surface area contributed by atoms with Crippen molar-refractivity contribution in [3.8, 4) is 0 Å². The molecule has 1 aliphatic rings. The first-order chi connectivity index (χ1) is 19.2. The minimum absolute atomic E-state index is 0.0821. The second-order valence-electron chi connectivity index (χ2n) is 9.26. The Balaban J connectivity index is 1.56. The summed E-state index contributed by atoms with van der Waals surface area (Å²) in [6.45, 7) is 6.64. The number of imide groups is 1. The van der Waals surface area contributed by atoms with Crippen molar-refractivity contribution in [3.63, 3.8) is 0 Å². The van der Waals surface area contributed by atoms with Crippen LogP contribution in [-0.4, -0.2) is 62.2 Å². The molecule has 0 fully saturated rings. The number of urea groups is 1. The molecule has 4 rings (SSSR count). The van der Waals surface area contributed by atoms with Crippen LogP contribution in [0.4, 0.5) is 9.80 Å². The molecule has 0 unspecified atom stereocenters. The Kier molecular flexibility index (Phi) is 9.36. The van der Waals surface area contributed by atoms with Gasteiger partial charge < -0.3 is 10.6 Å². The van der Waals surface area contributed by atoms with E-state index in [0.29, 0.717) is 24.5 Å². The first-order valence-corrected chi connectivity index (χ1v) is 15.3. The number of benzene rings is 2. The Hall–Kier alpha value is -3.58. The lowest BCUT2D eigenvalue weighted by molar-refractivity contribution is 0.0964. The van der Waals surface area contributed by atoms with Gasteiger partial charge in [-0.15, -0.1) is 11.3 Å². The van der Waals surface area contributed by atoms with Gasteiger partial charge in [-0.05, 0) is 48.4 Å². The monoisotopic (exact) mass is 583 g/mol. The number of rotatable bonds is 9. The number of fused-ring (bicyclic) bond motifs is 1. The lowest BCUT2D eigenvalue weighted by Crippen LogP contribution is -2.38. The third-order valence-corrected chi connectivity index (χ3v) is 9.87. The lowest BCUT2D eigenvalue weighted by Gasteiger charge is -2.25. The van der Waals surface area contributed by atoms with Gasteiger partial charge in [0.25, 0.3) is 11.8 Å². The van der Waals surface area contributed by atoms with Gasteiger partial charge in [-0.2, -0.15) is 4.31 Å². The zero-order chi connectivity index (χ0) is 28.9. The van der Waals surface area contributed by atoms with Crippen molar-refractivity contribution in [2.75, 3.05) is 32.0 Å². The van der Waals surface area contributed by atoms with Crippen LogP contribution in [0.2, 0.25) is 0 Å². The van der Waals surface area contributed by atoms with Crippen LogP contribution in [0.1, 0.15) is 50.6 Å². The van der Waals surface area contributed by atoms with Crippen LogP contribution in [0.15, 0.2) is 59.5 Å². The summed E-state index contributed by atoms with van der Waals surface area (Å²) in [5, 5.41) is 7.84. The molecule has 0 spiro atoms. The van der Waals surface area contributed by atoms with Crippen molar-refractivity contribution in [2.24, 2.45) is 0 Å². The SMILES string of the molecule is CCN1CCc2c(sc(NC(=O)c3ccc(S(=O)(=O)N(CC)Cc4ccccc4)cc3)c2C(=O)NC(=O)NC)C1. The zero-order valence-electron chi connectivity index (χ0n) is 22.7. The van der Waals surface area contributed by atoms with Gasteiger partial charge in [0.05, 0.1) is 10.5 Å². The largest absolute Gasteiger partial charge is 0.341 e. The zero-order valence-corrected chi connectivity index (χ0v) is 24.3. The lowest BCUT2D eigenvalue weighted by atomic mass is 10.0. The normalized spacial score (nSPS) is 13.5. The van der Waals surface area contributed by atoms with Gasteiger partial charge in [0.1, 0.15) is 5.00 Å². The quantitative estimate of drug-likeness (QED) is 0.353. The van der Waals surface area contributed by atoms with Gasteiger partial charge in [-0.3, -0.25) is 19.8 Å². The van der Waals surface area contributed by atoms with E-state index in [-0.39, 0.29) is 22.6 Å². The number of hydrogen-bond donors (Lipinski definition) is 3. The minimum atomic E-state index is -3.78. The molecular formula is C28H33N5O5S2. The van der Waals surface area contributed by atoms with Gasteiger partial charge in [-0.25, -0.2) is 13.2 Å². The maximum absolute atomic E-state index is 13.3. The van der Waals surface area contributed by atoms with E-state index in [1.165, 1.54) is 47.0 Å². The molecule has 1 aliphatic heterocycles. The van der Waals surface area contributed by atoms with Crippen LogP contribution in [0.25, 0.3) is 0 Å². The van der Waals surface area contributed by atoms with E-state index in [9.17, 15) is 22.8 Å². The summed E-state index contributed by atoms with van der Waals surface area (Å²) in [4.78, 5) is 41.3. The number of nitrogens with one attached hydrogen (secondary N) is 3. The third kappa shape index (κ3) is 6.41. The Morgan fingerprint density at radius 1 is 1.00 bits per heavy atom. The van der Waals surface area contributed by atoms with Crippen LogP contribution in [0.5, 0.6) is 0 Å². The average Bonchev–Trinajstić information content (AvgIpc) is 3.33. The molecule has 40 heavy (non-hydrogen) atoms. The highest BCUT2D eigenvalue weighted by Crippen LogP contribution is 2.37. The Bertz CT molecular complexity index is 1490. The average molecular weight is 584 g/mol. The molecule has 10 nitrogen and oxygen atoms in total. The maximum Gasteiger partial charge on any atom is 0.321 e. The standard InChI is InChI=1S/C28H33N5O5S2/c1-4-32-16-15-22-23(18-32)39-27(24(22)26(35)31-28(36)29-3)30-25(34)20-11-13-21(14-12-20)40(37,38)33(5-2)17-19-9-7-6-8-10-19/h6-14H,4-5,15-18H2,1-3H3,(H,30,34)(H2,29,31,35,36). The van der Waals surface area contributed by atoms with E-state index >= 15 is 0 Å². The first-order valence-electron chi connectivity index (χ1n) is 13.0. The van der Waals surface area contributed by atoms with Gasteiger partial charge in [0, 0.05) is 43.7 Å². The molecule has 0 saturated heterocycles. The summed E-state index contributed by atoms with van der Waals surface area (Å²) in [6.07, 6.45) is 0.621. The van der Waals surface area contributed by atoms with E-state index < -0.39 is 27.9 Å². The second-order valence-corrected chi connectivity index (χ2v) is 12.3. The molecule has 212 valence electrons. The van der Waals surface area contributed by atoms with Crippen molar-refractivity contribution < 1.29 is 22.8 Å². The number of carbonyl (C=O) groups is 3. The number of thiophene rings is 1. The Morgan fingerprint density at radius 2 is 1.70 bits per heavy atom. The summed E-state index contributed by atoms with van der Waals surface area (Å²) in [7, 11) is -2.37. The minimum Gasteiger partial charge on any atom is -0.341 e. The van der Waals surface area contributed by atoms with Crippen LogP contribution in [0.3, 0.4) is 0 Å². The molecule has 3 N–H and O–H groups in total. The molecule has 2 aromatic carbocycles. The summed E-state index contributed by atoms with van der Waals surface area (Å²) < 4.78 is 27.9. The van der Waals surface area contributed by atoms with E-state index in [1.807, 2.05) is 30.3 Å². The van der Waals surface area contributed by atoms with Crippen molar-refractivity contribution >= 4 is 44.2 Å². The molecular weight excluding hydrogens is 550 g/mol. The fourth-order valence-electron chi connectivity index (χ4n) is 4.54. The molecule has 0 aliphatic carbocycles. The smallest absolute Gasteiger partial charge is 0.321 e. The summed E-state index contributed by atoms with van der Waals surface area (Å²) in [5.41, 5.74) is 2.22. The fourth-order valence-corrected chi connectivity index (χ4v) is 7.26. The second kappa shape index (κ2) is 12.7. The summed E-state index contributed by atoms with van der Waals surface area (Å²) in [6, 6.07) is 14.4. The fraction of sp³-hybridized carbons (Fsp3) is 0.321. The van der Waals surface area contributed by atoms with E-state index in [4.69, 9.17) is 0 Å². The van der Waals surface area contributed by atoms with Crippen molar-refractivity contribution in [1.29, 1.82) is 0 Å². The molecule has 0 saturated carbocycles. The molecule has 0 atom stereocenters. The molecule has 0 radical (unpaired) electrons. The number of nitrogens with zero attached hydrogens (tertiary/aromatic N) is 2. The first kappa shape index (κ1) is 29.4. The Labute approximate surface area is 238 Å². The van der Waals surface area contributed by atoms with Gasteiger partial charge in [0.2, 0.25) is 10.0 Å². The van der Waals surface area contributed by atoms with Gasteiger partial charge in [0.15, 0.2) is 0 Å². The van der Waals surface area contributed by atoms with Crippen LogP contribution < -0.4 is 16.0 Å². The van der Waals surface area contributed by atoms with Crippen LogP contribution >= 0.6 is 11.3 Å². The predicted octanol–water partition coefficient (Wildman–Crippen LogP) is 3.66. The van der Waals surface area contributed by atoms with Crippen molar-refractivity contribution in [1.82, 2.24) is 19.8 Å². The highest BCUT2D eigenvalue weighted by atomic mass is 32.2. The third-order valence-electron chi connectivity index (χ3n) is 6.80. The van der Waals surface area contributed by atoms with E-state index in [0.717, 1.165) is 29.1 Å². The molecule has 1 aromatic heterocycles. The number of amides is 4. The number of hydrogen-bond acceptors (Lipinski definition) is 7. The summed E-state index contributed by atoms with van der Waals surface area (Å²) in [5.74, 6) is -1.07. The number of carbonyl (C=O) groups excluding carboxylic acids is 3. The molecule has 0 bridgehead atoms. The highest BCUT2D eigenvalue weighted by molar-refractivity contribution is 7.89. The van der Waals surface area contributed by atoms with E-state index in [2.05, 4.69) is 27.8 Å². The number of anilines is 1. The van der Waals surface area contributed by atoms with Crippen LogP contribution in [-0.2, 0) is 29.5 Å². The summed E-state index contributed by atoms with van der Waals surface area (Å²) >= 11 is 1.31. The van der Waals surface area contributed by atoms with Crippen molar-refractivity contribution in [2.45, 2.75) is 38.3 Å².